The van der Waals surface area contributed by atoms with E-state index in [-0.39, 0.29) is 5.69 Å². The van der Waals surface area contributed by atoms with Crippen LogP contribution in [-0.2, 0) is 0 Å². The van der Waals surface area contributed by atoms with Gasteiger partial charge in [0.2, 0.25) is 0 Å². The average Bonchev–Trinajstić information content (AvgIpc) is 3.04. The smallest absolute Gasteiger partial charge is 0.354 e. The van der Waals surface area contributed by atoms with Crippen molar-refractivity contribution in [3.8, 4) is 0 Å². The van der Waals surface area contributed by atoms with E-state index in [0.29, 0.717) is 11.8 Å². The van der Waals surface area contributed by atoms with Gasteiger partial charge in [-0.1, -0.05) is 12.8 Å². The first kappa shape index (κ1) is 10.7. The zero-order valence-corrected chi connectivity index (χ0v) is 9.72. The normalized spacial score (nSPS) is 20.7. The van der Waals surface area contributed by atoms with Gasteiger partial charge in [-0.15, -0.1) is 0 Å². The van der Waals surface area contributed by atoms with Gasteiger partial charge in [0.25, 0.3) is 0 Å². The maximum atomic E-state index is 11.1. The Labute approximate surface area is 100 Å². The number of rotatable bonds is 3. The summed E-state index contributed by atoms with van der Waals surface area (Å²) in [5.74, 6) is 0.684. The van der Waals surface area contributed by atoms with Crippen molar-refractivity contribution >= 4 is 5.97 Å². The topological polar surface area (TPSA) is 63.1 Å². The molecule has 17 heavy (non-hydrogen) atoms. The molecule has 2 aliphatic carbocycles. The third-order valence-electron chi connectivity index (χ3n) is 3.70. The van der Waals surface area contributed by atoms with E-state index >= 15 is 0 Å². The summed E-state index contributed by atoms with van der Waals surface area (Å²) in [5, 5.41) is 9.09. The molecule has 0 saturated heterocycles. The molecule has 1 aromatic rings. The lowest BCUT2D eigenvalue weighted by atomic mass is 10.0. The molecule has 0 amide bonds. The fourth-order valence-electron chi connectivity index (χ4n) is 2.55. The molecule has 0 unspecified atom stereocenters. The molecule has 90 valence electrons. The molecule has 0 spiro atoms. The Kier molecular flexibility index (Phi) is 2.57. The minimum atomic E-state index is -0.937. The summed E-state index contributed by atoms with van der Waals surface area (Å²) in [4.78, 5) is 19.8. The lowest BCUT2D eigenvalue weighted by Crippen LogP contribution is -2.09. The number of aromatic nitrogens is 2. The predicted octanol–water partition coefficient (Wildman–Crippen LogP) is 2.71. The second-order valence-electron chi connectivity index (χ2n) is 5.10. The maximum absolute atomic E-state index is 11.1. The first-order valence-electron chi connectivity index (χ1n) is 6.36. The van der Waals surface area contributed by atoms with E-state index in [1.807, 2.05) is 0 Å². The van der Waals surface area contributed by atoms with E-state index < -0.39 is 5.97 Å². The summed E-state index contributed by atoms with van der Waals surface area (Å²) in [5.41, 5.74) is 1.13. The Morgan fingerprint density at radius 3 is 2.41 bits per heavy atom. The maximum Gasteiger partial charge on any atom is 0.354 e. The Hall–Kier alpha value is -1.45. The van der Waals surface area contributed by atoms with E-state index in [2.05, 4.69) is 9.97 Å². The van der Waals surface area contributed by atoms with Gasteiger partial charge in [-0.05, 0) is 31.7 Å². The second-order valence-corrected chi connectivity index (χ2v) is 5.10. The van der Waals surface area contributed by atoms with Crippen LogP contribution in [0.4, 0.5) is 0 Å². The Morgan fingerprint density at radius 2 is 1.82 bits per heavy atom. The van der Waals surface area contributed by atoms with Crippen molar-refractivity contribution in [3.05, 3.63) is 23.3 Å². The summed E-state index contributed by atoms with van der Waals surface area (Å²) >= 11 is 0. The monoisotopic (exact) mass is 232 g/mol. The van der Waals surface area contributed by atoms with Crippen LogP contribution < -0.4 is 0 Å². The molecule has 1 aromatic heterocycles. The lowest BCUT2D eigenvalue weighted by molar-refractivity contribution is 0.0689. The number of nitrogens with zero attached hydrogens (tertiary/aromatic N) is 2. The summed E-state index contributed by atoms with van der Waals surface area (Å²) in [6, 6.07) is 1.67. The summed E-state index contributed by atoms with van der Waals surface area (Å²) in [6.07, 6.45) is 6.95. The molecular weight excluding hydrogens is 216 g/mol. The fourth-order valence-corrected chi connectivity index (χ4v) is 2.55. The van der Waals surface area contributed by atoms with Crippen LogP contribution in [0.25, 0.3) is 0 Å². The lowest BCUT2D eigenvalue weighted by Gasteiger charge is -2.10. The first-order chi connectivity index (χ1) is 8.24. The van der Waals surface area contributed by atoms with Gasteiger partial charge in [0.15, 0.2) is 5.69 Å². The van der Waals surface area contributed by atoms with Gasteiger partial charge in [-0.3, -0.25) is 0 Å². The fraction of sp³-hybridized carbons (Fsp3) is 0.615. The van der Waals surface area contributed by atoms with Gasteiger partial charge >= 0.3 is 5.97 Å². The van der Waals surface area contributed by atoms with Crippen LogP contribution in [0.15, 0.2) is 6.07 Å². The molecule has 0 bridgehead atoms. The van der Waals surface area contributed by atoms with Crippen LogP contribution in [0.5, 0.6) is 0 Å². The van der Waals surface area contributed by atoms with E-state index in [0.717, 1.165) is 37.2 Å². The Balaban J connectivity index is 1.97. The van der Waals surface area contributed by atoms with Crippen molar-refractivity contribution in [2.24, 2.45) is 0 Å². The average molecular weight is 232 g/mol. The van der Waals surface area contributed by atoms with E-state index in [4.69, 9.17) is 5.11 Å². The highest BCUT2D eigenvalue weighted by Gasteiger charge is 2.29. The first-order valence-corrected chi connectivity index (χ1v) is 6.36. The molecule has 0 aliphatic heterocycles. The molecule has 2 fully saturated rings. The van der Waals surface area contributed by atoms with Gasteiger partial charge in [-0.25, -0.2) is 14.8 Å². The SMILES string of the molecule is O=C(O)c1cc(C2CCCC2)nc(C2CC2)n1. The molecule has 3 rings (SSSR count). The number of carbonyl (C=O) groups is 1. The van der Waals surface area contributed by atoms with Crippen molar-refractivity contribution in [2.75, 3.05) is 0 Å². The molecule has 4 nitrogen and oxygen atoms in total. The highest BCUT2D eigenvalue weighted by Crippen LogP contribution is 2.40. The largest absolute Gasteiger partial charge is 0.477 e. The number of hydrogen-bond donors (Lipinski definition) is 1. The van der Waals surface area contributed by atoms with Crippen LogP contribution >= 0.6 is 0 Å². The number of carboxylic acid groups (broad SMARTS) is 1. The predicted molar refractivity (Wildman–Crippen MR) is 62.2 cm³/mol. The zero-order valence-electron chi connectivity index (χ0n) is 9.72. The van der Waals surface area contributed by atoms with Crippen molar-refractivity contribution in [1.82, 2.24) is 9.97 Å². The van der Waals surface area contributed by atoms with Gasteiger partial charge in [-0.2, -0.15) is 0 Å². The Bertz CT molecular complexity index is 449. The third kappa shape index (κ3) is 2.16. The van der Waals surface area contributed by atoms with Gasteiger partial charge < -0.3 is 5.11 Å². The molecule has 0 aromatic carbocycles. The molecule has 2 aliphatic rings. The Morgan fingerprint density at radius 1 is 1.12 bits per heavy atom. The highest BCUT2D eigenvalue weighted by molar-refractivity contribution is 5.85. The second kappa shape index (κ2) is 4.09. The standard InChI is InChI=1S/C13H16N2O2/c16-13(17)11-7-10(8-3-1-2-4-8)14-12(15-11)9-5-6-9/h7-9H,1-6H2,(H,16,17). The van der Waals surface area contributed by atoms with Crippen molar-refractivity contribution in [1.29, 1.82) is 0 Å². The molecule has 1 N–H and O–H groups in total. The van der Waals surface area contributed by atoms with Crippen LogP contribution in [0.2, 0.25) is 0 Å². The number of hydrogen-bond acceptors (Lipinski definition) is 3. The molecule has 1 heterocycles. The highest BCUT2D eigenvalue weighted by atomic mass is 16.4. The molecule has 0 radical (unpaired) electrons. The van der Waals surface area contributed by atoms with Gasteiger partial charge in [0.1, 0.15) is 5.82 Å². The van der Waals surface area contributed by atoms with Crippen LogP contribution in [-0.4, -0.2) is 21.0 Å². The summed E-state index contributed by atoms with van der Waals surface area (Å²) in [6.45, 7) is 0. The minimum absolute atomic E-state index is 0.170. The number of carboxylic acids is 1. The minimum Gasteiger partial charge on any atom is -0.477 e. The molecule has 4 heteroatoms. The van der Waals surface area contributed by atoms with Crippen molar-refractivity contribution in [2.45, 2.75) is 50.4 Å². The van der Waals surface area contributed by atoms with Crippen molar-refractivity contribution < 1.29 is 9.90 Å². The summed E-state index contributed by atoms with van der Waals surface area (Å²) in [7, 11) is 0. The van der Waals surface area contributed by atoms with E-state index in [1.165, 1.54) is 12.8 Å². The molecular formula is C13H16N2O2. The quantitative estimate of drug-likeness (QED) is 0.870. The molecule has 2 saturated carbocycles. The van der Waals surface area contributed by atoms with E-state index in [1.54, 1.807) is 6.07 Å². The van der Waals surface area contributed by atoms with Crippen molar-refractivity contribution in [3.63, 3.8) is 0 Å². The third-order valence-corrected chi connectivity index (χ3v) is 3.70. The van der Waals surface area contributed by atoms with Gasteiger partial charge in [0.05, 0.1) is 0 Å². The van der Waals surface area contributed by atoms with E-state index in [9.17, 15) is 4.79 Å². The van der Waals surface area contributed by atoms with Crippen LogP contribution in [0.3, 0.4) is 0 Å². The molecule has 0 atom stereocenters. The zero-order chi connectivity index (χ0) is 11.8. The van der Waals surface area contributed by atoms with Crippen LogP contribution in [0, 0.1) is 0 Å². The number of aromatic carboxylic acids is 1. The van der Waals surface area contributed by atoms with Crippen LogP contribution in [0.1, 0.15) is 72.4 Å². The van der Waals surface area contributed by atoms with Gasteiger partial charge in [0, 0.05) is 17.5 Å². The summed E-state index contributed by atoms with van der Waals surface area (Å²) < 4.78 is 0.